The van der Waals surface area contributed by atoms with Crippen LogP contribution in [-0.4, -0.2) is 24.5 Å². The number of aromatic nitrogens is 1. The summed E-state index contributed by atoms with van der Waals surface area (Å²) in [5.74, 6) is -0.936. The molecule has 2 rings (SSSR count). The predicted octanol–water partition coefficient (Wildman–Crippen LogP) is 2.26. The van der Waals surface area contributed by atoms with Crippen LogP contribution in [0.25, 0.3) is 0 Å². The van der Waals surface area contributed by atoms with Gasteiger partial charge in [-0.2, -0.15) is 0 Å². The second kappa shape index (κ2) is 5.22. The number of carboxylic acid groups (broad SMARTS) is 1. The van der Waals surface area contributed by atoms with Crippen LogP contribution in [0.3, 0.4) is 0 Å². The standard InChI is InChI=1S/C12H12N2O4S2/c1-7-5-8(2)13-10(6-7)14-20(17,18)11-4-3-9(19-11)12(15)16/h3-6H,1-2H3,(H,13,14)(H,15,16). The molecule has 0 spiro atoms. The average Bonchev–Trinajstić information content (AvgIpc) is 2.76. The first-order valence-electron chi connectivity index (χ1n) is 5.59. The van der Waals surface area contributed by atoms with Crippen molar-refractivity contribution in [2.45, 2.75) is 18.1 Å². The summed E-state index contributed by atoms with van der Waals surface area (Å²) in [7, 11) is -3.82. The molecular formula is C12H12N2O4S2. The Bertz CT molecular complexity index is 745. The summed E-state index contributed by atoms with van der Waals surface area (Å²) in [6, 6.07) is 5.96. The Morgan fingerprint density at radius 2 is 2.00 bits per heavy atom. The molecule has 0 radical (unpaired) electrons. The molecule has 0 aliphatic heterocycles. The molecule has 6 nitrogen and oxygen atoms in total. The van der Waals surface area contributed by atoms with Crippen molar-refractivity contribution in [2.75, 3.05) is 4.72 Å². The summed E-state index contributed by atoms with van der Waals surface area (Å²) in [4.78, 5) is 14.8. The normalized spacial score (nSPS) is 11.3. The SMILES string of the molecule is Cc1cc(C)nc(NS(=O)(=O)c2ccc(C(=O)O)s2)c1. The van der Waals surface area contributed by atoms with Crippen molar-refractivity contribution in [3.05, 3.63) is 40.4 Å². The summed E-state index contributed by atoms with van der Waals surface area (Å²) >= 11 is 0.698. The molecule has 8 heteroatoms. The third-order valence-electron chi connectivity index (χ3n) is 2.39. The van der Waals surface area contributed by atoms with Gasteiger partial charge in [-0.05, 0) is 43.7 Å². The summed E-state index contributed by atoms with van der Waals surface area (Å²) < 4.78 is 26.5. The van der Waals surface area contributed by atoms with Crippen LogP contribution in [0.1, 0.15) is 20.9 Å². The second-order valence-corrected chi connectivity index (χ2v) is 7.19. The van der Waals surface area contributed by atoms with Gasteiger partial charge >= 0.3 is 5.97 Å². The van der Waals surface area contributed by atoms with E-state index < -0.39 is 16.0 Å². The fraction of sp³-hybridized carbons (Fsp3) is 0.167. The fourth-order valence-corrected chi connectivity index (χ4v) is 3.80. The number of hydrogen-bond acceptors (Lipinski definition) is 5. The Kier molecular flexibility index (Phi) is 3.78. The van der Waals surface area contributed by atoms with Gasteiger partial charge in [0.1, 0.15) is 14.9 Å². The van der Waals surface area contributed by atoms with E-state index >= 15 is 0 Å². The number of thiophene rings is 1. The number of nitrogens with one attached hydrogen (secondary N) is 1. The smallest absolute Gasteiger partial charge is 0.345 e. The molecule has 0 aliphatic rings. The highest BCUT2D eigenvalue weighted by Crippen LogP contribution is 2.24. The van der Waals surface area contributed by atoms with Gasteiger partial charge in [-0.25, -0.2) is 18.2 Å². The first kappa shape index (κ1) is 14.5. The molecule has 0 aliphatic carbocycles. The van der Waals surface area contributed by atoms with E-state index in [0.29, 0.717) is 17.0 Å². The lowest BCUT2D eigenvalue weighted by molar-refractivity contribution is 0.0702. The van der Waals surface area contributed by atoms with E-state index in [9.17, 15) is 13.2 Å². The van der Waals surface area contributed by atoms with Gasteiger partial charge in [0.2, 0.25) is 0 Å². The third kappa shape index (κ3) is 3.14. The maximum Gasteiger partial charge on any atom is 0.345 e. The summed E-state index contributed by atoms with van der Waals surface area (Å²) in [6.45, 7) is 3.60. The van der Waals surface area contributed by atoms with Crippen molar-refractivity contribution in [3.63, 3.8) is 0 Å². The topological polar surface area (TPSA) is 96.4 Å². The van der Waals surface area contributed by atoms with E-state index in [0.717, 1.165) is 5.56 Å². The highest BCUT2D eigenvalue weighted by molar-refractivity contribution is 7.94. The van der Waals surface area contributed by atoms with Gasteiger partial charge in [-0.15, -0.1) is 11.3 Å². The third-order valence-corrected chi connectivity index (χ3v) is 5.31. The molecule has 0 unspecified atom stereocenters. The fourth-order valence-electron chi connectivity index (χ4n) is 1.66. The van der Waals surface area contributed by atoms with Gasteiger partial charge in [0, 0.05) is 5.69 Å². The molecule has 20 heavy (non-hydrogen) atoms. The zero-order chi connectivity index (χ0) is 14.9. The lowest BCUT2D eigenvalue weighted by Crippen LogP contribution is -2.13. The van der Waals surface area contributed by atoms with Crippen LogP contribution >= 0.6 is 11.3 Å². The minimum absolute atomic E-state index is 0.0289. The molecular weight excluding hydrogens is 300 g/mol. The van der Waals surface area contributed by atoms with E-state index in [4.69, 9.17) is 5.11 Å². The summed E-state index contributed by atoms with van der Waals surface area (Å²) in [5.41, 5.74) is 1.58. The van der Waals surface area contributed by atoms with Crippen LogP contribution in [-0.2, 0) is 10.0 Å². The minimum atomic E-state index is -3.82. The quantitative estimate of drug-likeness (QED) is 0.902. The number of nitrogens with zero attached hydrogens (tertiary/aromatic N) is 1. The number of hydrogen-bond donors (Lipinski definition) is 2. The molecule has 2 aromatic heterocycles. The Hall–Kier alpha value is -1.93. The van der Waals surface area contributed by atoms with Gasteiger partial charge < -0.3 is 5.11 Å². The molecule has 2 heterocycles. The molecule has 0 atom stereocenters. The molecule has 0 aromatic carbocycles. The monoisotopic (exact) mass is 312 g/mol. The number of carbonyl (C=O) groups is 1. The Balaban J connectivity index is 2.32. The largest absolute Gasteiger partial charge is 0.477 e. The molecule has 2 aromatic rings. The Labute approximate surface area is 120 Å². The zero-order valence-electron chi connectivity index (χ0n) is 10.7. The van der Waals surface area contributed by atoms with E-state index in [1.807, 2.05) is 13.0 Å². The zero-order valence-corrected chi connectivity index (χ0v) is 12.4. The van der Waals surface area contributed by atoms with Gasteiger partial charge in [0.15, 0.2) is 0 Å². The second-order valence-electron chi connectivity index (χ2n) is 4.20. The number of carboxylic acids is 1. The van der Waals surface area contributed by atoms with Crippen molar-refractivity contribution < 1.29 is 18.3 Å². The first-order chi connectivity index (χ1) is 9.28. The number of aromatic carboxylic acids is 1. The maximum atomic E-state index is 12.1. The molecule has 0 saturated carbocycles. The minimum Gasteiger partial charge on any atom is -0.477 e. The lowest BCUT2D eigenvalue weighted by atomic mass is 10.2. The molecule has 0 amide bonds. The van der Waals surface area contributed by atoms with Crippen molar-refractivity contribution in [1.82, 2.24) is 4.98 Å². The van der Waals surface area contributed by atoms with Crippen LogP contribution in [0.15, 0.2) is 28.5 Å². The van der Waals surface area contributed by atoms with Crippen LogP contribution in [0, 0.1) is 13.8 Å². The predicted molar refractivity (Wildman–Crippen MR) is 75.8 cm³/mol. The van der Waals surface area contributed by atoms with Crippen LogP contribution in [0.4, 0.5) is 5.82 Å². The van der Waals surface area contributed by atoms with Gasteiger partial charge in [0.25, 0.3) is 10.0 Å². The number of pyridine rings is 1. The van der Waals surface area contributed by atoms with E-state index in [2.05, 4.69) is 9.71 Å². The van der Waals surface area contributed by atoms with Gasteiger partial charge in [-0.1, -0.05) is 0 Å². The molecule has 2 N–H and O–H groups in total. The van der Waals surface area contributed by atoms with Crippen LogP contribution in [0.2, 0.25) is 0 Å². The van der Waals surface area contributed by atoms with Crippen LogP contribution in [0.5, 0.6) is 0 Å². The van der Waals surface area contributed by atoms with Crippen molar-refractivity contribution in [2.24, 2.45) is 0 Å². The molecule has 0 fully saturated rings. The summed E-state index contributed by atoms with van der Waals surface area (Å²) in [6.07, 6.45) is 0. The number of rotatable bonds is 4. The number of anilines is 1. The molecule has 0 bridgehead atoms. The van der Waals surface area contributed by atoms with E-state index in [1.165, 1.54) is 12.1 Å². The van der Waals surface area contributed by atoms with E-state index in [1.54, 1.807) is 13.0 Å². The highest BCUT2D eigenvalue weighted by Gasteiger charge is 2.19. The van der Waals surface area contributed by atoms with Crippen LogP contribution < -0.4 is 4.72 Å². The molecule has 0 saturated heterocycles. The number of aryl methyl sites for hydroxylation is 2. The average molecular weight is 312 g/mol. The Morgan fingerprint density at radius 1 is 1.30 bits per heavy atom. The first-order valence-corrected chi connectivity index (χ1v) is 7.89. The molecule has 106 valence electrons. The number of sulfonamides is 1. The Morgan fingerprint density at radius 3 is 2.55 bits per heavy atom. The van der Waals surface area contributed by atoms with Crippen molar-refractivity contribution in [3.8, 4) is 0 Å². The maximum absolute atomic E-state index is 12.1. The van der Waals surface area contributed by atoms with Crippen molar-refractivity contribution in [1.29, 1.82) is 0 Å². The van der Waals surface area contributed by atoms with Crippen molar-refractivity contribution >= 4 is 33.1 Å². The lowest BCUT2D eigenvalue weighted by Gasteiger charge is -2.07. The van der Waals surface area contributed by atoms with Gasteiger partial charge in [0.05, 0.1) is 0 Å². The van der Waals surface area contributed by atoms with E-state index in [-0.39, 0.29) is 14.9 Å². The summed E-state index contributed by atoms with van der Waals surface area (Å²) in [5, 5.41) is 8.81. The highest BCUT2D eigenvalue weighted by atomic mass is 32.2. The van der Waals surface area contributed by atoms with Gasteiger partial charge in [-0.3, -0.25) is 4.72 Å².